The number of nitrogens with two attached hydrogens (primary N) is 1. The quantitative estimate of drug-likeness (QED) is 0.878. The Balaban J connectivity index is 2.33. The lowest BCUT2D eigenvalue weighted by molar-refractivity contribution is 0.602. The average Bonchev–Trinajstić information content (AvgIpc) is 2.35. The van der Waals surface area contributed by atoms with Crippen molar-refractivity contribution in [3.8, 4) is 0 Å². The van der Waals surface area contributed by atoms with Crippen LogP contribution < -0.4 is 5.73 Å². The standard InChI is InChI=1S/C15H15BrFNS/c1-10(18)8-11-6-7-12(16)9-15(11)19-14-5-3-2-4-13(14)17/h2-7,9-10H,8,18H2,1H3. The van der Waals surface area contributed by atoms with Crippen LogP contribution in [-0.2, 0) is 6.42 Å². The summed E-state index contributed by atoms with van der Waals surface area (Å²) in [7, 11) is 0. The van der Waals surface area contributed by atoms with Gasteiger partial charge < -0.3 is 5.73 Å². The first-order valence-corrected chi connectivity index (χ1v) is 7.63. The lowest BCUT2D eigenvalue weighted by Crippen LogP contribution is -2.18. The summed E-state index contributed by atoms with van der Waals surface area (Å²) in [5, 5.41) is 0. The smallest absolute Gasteiger partial charge is 0.137 e. The Morgan fingerprint density at radius 3 is 2.63 bits per heavy atom. The van der Waals surface area contributed by atoms with Crippen molar-refractivity contribution in [3.63, 3.8) is 0 Å². The van der Waals surface area contributed by atoms with Crippen LogP contribution in [-0.4, -0.2) is 6.04 Å². The van der Waals surface area contributed by atoms with Crippen molar-refractivity contribution >= 4 is 27.7 Å². The molecule has 19 heavy (non-hydrogen) atoms. The van der Waals surface area contributed by atoms with E-state index in [-0.39, 0.29) is 11.9 Å². The van der Waals surface area contributed by atoms with Crippen molar-refractivity contribution in [2.24, 2.45) is 5.73 Å². The SMILES string of the molecule is CC(N)Cc1ccc(Br)cc1Sc1ccccc1F. The maximum Gasteiger partial charge on any atom is 0.137 e. The molecule has 1 atom stereocenters. The van der Waals surface area contributed by atoms with Gasteiger partial charge in [-0.25, -0.2) is 4.39 Å². The monoisotopic (exact) mass is 339 g/mol. The van der Waals surface area contributed by atoms with E-state index in [2.05, 4.69) is 15.9 Å². The van der Waals surface area contributed by atoms with Crippen LogP contribution >= 0.6 is 27.7 Å². The van der Waals surface area contributed by atoms with Crippen molar-refractivity contribution < 1.29 is 4.39 Å². The van der Waals surface area contributed by atoms with Crippen molar-refractivity contribution in [1.29, 1.82) is 0 Å². The fraction of sp³-hybridized carbons (Fsp3) is 0.200. The molecule has 2 N–H and O–H groups in total. The summed E-state index contributed by atoms with van der Waals surface area (Å²) in [6.07, 6.45) is 0.782. The van der Waals surface area contributed by atoms with Crippen LogP contribution in [0.15, 0.2) is 56.7 Å². The minimum atomic E-state index is -0.195. The third-order valence-corrected chi connectivity index (χ3v) is 4.27. The molecule has 1 unspecified atom stereocenters. The molecule has 2 aromatic carbocycles. The first kappa shape index (κ1) is 14.6. The highest BCUT2D eigenvalue weighted by atomic mass is 79.9. The van der Waals surface area contributed by atoms with Crippen LogP contribution in [0.2, 0.25) is 0 Å². The third-order valence-electron chi connectivity index (χ3n) is 2.63. The molecule has 0 aliphatic rings. The van der Waals surface area contributed by atoms with Gasteiger partial charge in [-0.1, -0.05) is 45.9 Å². The minimum Gasteiger partial charge on any atom is -0.328 e. The summed E-state index contributed by atoms with van der Waals surface area (Å²) in [5.41, 5.74) is 7.00. The Bertz CT molecular complexity index is 572. The van der Waals surface area contributed by atoms with Crippen LogP contribution in [0.4, 0.5) is 4.39 Å². The lowest BCUT2D eigenvalue weighted by atomic mass is 10.1. The second kappa shape index (κ2) is 6.55. The normalized spacial score (nSPS) is 12.4. The molecule has 0 radical (unpaired) electrons. The van der Waals surface area contributed by atoms with E-state index in [0.29, 0.717) is 4.90 Å². The summed E-state index contributed by atoms with van der Waals surface area (Å²) in [6.45, 7) is 1.97. The van der Waals surface area contributed by atoms with E-state index in [1.807, 2.05) is 31.2 Å². The maximum atomic E-state index is 13.7. The molecular formula is C15H15BrFNS. The van der Waals surface area contributed by atoms with Gasteiger partial charge in [-0.15, -0.1) is 0 Å². The highest BCUT2D eigenvalue weighted by Crippen LogP contribution is 2.34. The van der Waals surface area contributed by atoms with Gasteiger partial charge in [0.25, 0.3) is 0 Å². The highest BCUT2D eigenvalue weighted by Gasteiger charge is 2.10. The first-order valence-electron chi connectivity index (χ1n) is 6.02. The van der Waals surface area contributed by atoms with Crippen molar-refractivity contribution in [2.45, 2.75) is 29.2 Å². The minimum absolute atomic E-state index is 0.0844. The largest absolute Gasteiger partial charge is 0.328 e. The van der Waals surface area contributed by atoms with E-state index in [0.717, 1.165) is 21.4 Å². The summed E-state index contributed by atoms with van der Waals surface area (Å²) in [6, 6.07) is 12.9. The van der Waals surface area contributed by atoms with Crippen LogP contribution in [0.5, 0.6) is 0 Å². The van der Waals surface area contributed by atoms with E-state index >= 15 is 0 Å². The van der Waals surface area contributed by atoms with E-state index in [1.54, 1.807) is 12.1 Å². The van der Waals surface area contributed by atoms with Crippen molar-refractivity contribution in [1.82, 2.24) is 0 Å². The summed E-state index contributed by atoms with van der Waals surface area (Å²) in [5.74, 6) is -0.195. The molecule has 0 spiro atoms. The van der Waals surface area contributed by atoms with E-state index in [9.17, 15) is 4.39 Å². The molecular weight excluding hydrogens is 325 g/mol. The number of rotatable bonds is 4. The van der Waals surface area contributed by atoms with Crippen LogP contribution in [0.1, 0.15) is 12.5 Å². The molecule has 4 heteroatoms. The van der Waals surface area contributed by atoms with Crippen molar-refractivity contribution in [2.75, 3.05) is 0 Å². The topological polar surface area (TPSA) is 26.0 Å². The van der Waals surface area contributed by atoms with Crippen LogP contribution in [0.25, 0.3) is 0 Å². The summed E-state index contributed by atoms with van der Waals surface area (Å²) >= 11 is 4.89. The maximum absolute atomic E-state index is 13.7. The molecule has 100 valence electrons. The molecule has 0 fully saturated rings. The predicted octanol–water partition coefficient (Wildman–Crippen LogP) is 4.63. The van der Waals surface area contributed by atoms with Gasteiger partial charge in [-0.05, 0) is 43.2 Å². The second-order valence-corrected chi connectivity index (χ2v) is 6.47. The molecule has 0 bridgehead atoms. The fourth-order valence-electron chi connectivity index (χ4n) is 1.78. The number of halogens is 2. The van der Waals surface area contributed by atoms with Gasteiger partial charge >= 0.3 is 0 Å². The Morgan fingerprint density at radius 1 is 1.21 bits per heavy atom. The lowest BCUT2D eigenvalue weighted by Gasteiger charge is -2.12. The number of hydrogen-bond acceptors (Lipinski definition) is 2. The van der Waals surface area contributed by atoms with E-state index in [1.165, 1.54) is 17.8 Å². The Kier molecular flexibility index (Phi) is 5.02. The fourth-order valence-corrected chi connectivity index (χ4v) is 3.31. The summed E-state index contributed by atoms with van der Waals surface area (Å²) in [4.78, 5) is 1.67. The second-order valence-electron chi connectivity index (χ2n) is 4.47. The molecule has 0 amide bonds. The van der Waals surface area contributed by atoms with E-state index < -0.39 is 0 Å². The number of hydrogen-bond donors (Lipinski definition) is 1. The van der Waals surface area contributed by atoms with Crippen LogP contribution in [0, 0.1) is 5.82 Å². The Morgan fingerprint density at radius 2 is 1.95 bits per heavy atom. The molecule has 0 aromatic heterocycles. The Hall–Kier alpha value is -0.840. The molecule has 2 aromatic rings. The predicted molar refractivity (Wildman–Crippen MR) is 82.0 cm³/mol. The molecule has 1 nitrogen and oxygen atoms in total. The summed E-state index contributed by atoms with van der Waals surface area (Å²) < 4.78 is 14.7. The zero-order valence-electron chi connectivity index (χ0n) is 10.6. The zero-order valence-corrected chi connectivity index (χ0v) is 13.0. The zero-order chi connectivity index (χ0) is 13.8. The van der Waals surface area contributed by atoms with Gasteiger partial charge in [0.2, 0.25) is 0 Å². The molecule has 0 aliphatic carbocycles. The van der Waals surface area contributed by atoms with Crippen LogP contribution in [0.3, 0.4) is 0 Å². The van der Waals surface area contributed by atoms with E-state index in [4.69, 9.17) is 5.73 Å². The molecule has 0 heterocycles. The van der Waals surface area contributed by atoms with Gasteiger partial charge in [0.05, 0.1) is 0 Å². The molecule has 0 saturated heterocycles. The average molecular weight is 340 g/mol. The molecule has 0 saturated carbocycles. The third kappa shape index (κ3) is 4.06. The number of benzene rings is 2. The molecule has 0 aliphatic heterocycles. The first-order chi connectivity index (χ1) is 9.06. The van der Waals surface area contributed by atoms with Crippen molar-refractivity contribution in [3.05, 3.63) is 58.3 Å². The highest BCUT2D eigenvalue weighted by molar-refractivity contribution is 9.10. The van der Waals surface area contributed by atoms with Gasteiger partial charge in [0.15, 0.2) is 0 Å². The van der Waals surface area contributed by atoms with Gasteiger partial charge in [-0.2, -0.15) is 0 Å². The van der Waals surface area contributed by atoms with Gasteiger partial charge in [-0.3, -0.25) is 0 Å². The molecule has 2 rings (SSSR count). The van der Waals surface area contributed by atoms with Gasteiger partial charge in [0.1, 0.15) is 5.82 Å². The van der Waals surface area contributed by atoms with Gasteiger partial charge in [0, 0.05) is 20.3 Å². The Labute approximate surface area is 125 Å².